The highest BCUT2D eigenvalue weighted by Gasteiger charge is 2.31. The van der Waals surface area contributed by atoms with E-state index < -0.39 is 18.1 Å². The molecule has 2 atom stereocenters. The lowest BCUT2D eigenvalue weighted by Gasteiger charge is -2.31. The molecule has 0 aliphatic heterocycles. The smallest absolute Gasteiger partial charge is 0.362 e. The monoisotopic (exact) mass is 759 g/mol. The van der Waals surface area contributed by atoms with E-state index in [0.29, 0.717) is 19.3 Å². The van der Waals surface area contributed by atoms with Crippen LogP contribution < -0.4 is 0 Å². The summed E-state index contributed by atoms with van der Waals surface area (Å²) >= 11 is 0. The second-order valence-electron chi connectivity index (χ2n) is 15.2. The van der Waals surface area contributed by atoms with E-state index in [0.717, 1.165) is 83.5 Å². The maximum absolute atomic E-state index is 12.7. The fourth-order valence-electron chi connectivity index (χ4n) is 5.88. The number of carboxylic acid groups (broad SMARTS) is 1. The quantitative estimate of drug-likeness (QED) is 0.0291. The summed E-state index contributed by atoms with van der Waals surface area (Å²) in [7, 11) is 5.51. The summed E-state index contributed by atoms with van der Waals surface area (Å²) in [5.74, 6) is -1.50. The van der Waals surface area contributed by atoms with E-state index >= 15 is 0 Å². The van der Waals surface area contributed by atoms with Gasteiger partial charge in [-0.1, -0.05) is 145 Å². The van der Waals surface area contributed by atoms with Crippen LogP contribution in [-0.4, -0.2) is 80.6 Å². The Hall–Kier alpha value is -2.97. The lowest BCUT2D eigenvalue weighted by Crippen LogP contribution is -2.50. The number of quaternary nitrogens is 1. The van der Waals surface area contributed by atoms with Crippen LogP contribution >= 0.6 is 0 Å². The van der Waals surface area contributed by atoms with Crippen LogP contribution in [0.2, 0.25) is 0 Å². The zero-order chi connectivity index (χ0) is 40.0. The largest absolute Gasteiger partial charge is 0.477 e. The number of unbranched alkanes of at least 4 members (excludes halogenated alkanes) is 13. The molecule has 0 heterocycles. The molecule has 0 aliphatic carbocycles. The van der Waals surface area contributed by atoms with E-state index in [1.807, 2.05) is 21.1 Å². The van der Waals surface area contributed by atoms with Crippen molar-refractivity contribution in [1.29, 1.82) is 0 Å². The Morgan fingerprint density at radius 3 is 1.54 bits per heavy atom. The van der Waals surface area contributed by atoms with Crippen molar-refractivity contribution in [2.24, 2.45) is 0 Å². The van der Waals surface area contributed by atoms with Crippen LogP contribution in [-0.2, 0) is 28.6 Å². The Bertz CT molecular complexity index is 1070. The summed E-state index contributed by atoms with van der Waals surface area (Å²) in [6.07, 6.45) is 44.0. The standard InChI is InChI=1S/C46H79NO7/c1-6-8-10-12-14-16-18-19-20-21-22-23-24-25-26-27-29-30-32-34-36-44(48)53-41-42(40-52-39-38-43(46(50)51)47(3,4)5)54-45(49)37-35-33-31-28-17-15-13-11-9-7-2/h8,10,14,16,19-20,22-23,25-26,42-43H,6-7,9,11-13,15,17-18,21,24,27-41H2,1-5H3/p+1/b10-8+,16-14+,20-19+,23-22+,26-25+. The summed E-state index contributed by atoms with van der Waals surface area (Å²) < 4.78 is 17.2. The summed E-state index contributed by atoms with van der Waals surface area (Å²) in [6.45, 7) is 4.57. The minimum atomic E-state index is -0.881. The molecule has 2 unspecified atom stereocenters. The van der Waals surface area contributed by atoms with Gasteiger partial charge in [0.05, 0.1) is 34.4 Å². The SMILES string of the molecule is CC/C=C/C/C=C/C/C=C/C/C=C/C/C=C/CCCCCCC(=O)OCC(COCCC(C(=O)O)[N+](C)(C)C)OC(=O)CCCCCCCCCCCC. The number of ether oxygens (including phenoxy) is 3. The van der Waals surface area contributed by atoms with Gasteiger partial charge in [0.15, 0.2) is 12.1 Å². The zero-order valence-electron chi connectivity index (χ0n) is 35.2. The summed E-state index contributed by atoms with van der Waals surface area (Å²) in [5.41, 5.74) is 0. The normalized spacial score (nSPS) is 13.6. The molecule has 310 valence electrons. The molecule has 0 bridgehead atoms. The number of rotatable bonds is 37. The van der Waals surface area contributed by atoms with Crippen LogP contribution in [0.3, 0.4) is 0 Å². The first-order valence-corrected chi connectivity index (χ1v) is 21.3. The molecule has 0 aromatic carbocycles. The van der Waals surface area contributed by atoms with Crippen molar-refractivity contribution >= 4 is 17.9 Å². The number of aliphatic carboxylic acids is 1. The molecule has 0 fully saturated rings. The number of carbonyl (C=O) groups excluding carboxylic acids is 2. The molecule has 0 spiro atoms. The highest BCUT2D eigenvalue weighted by molar-refractivity contribution is 5.72. The van der Waals surface area contributed by atoms with Crippen LogP contribution in [0.4, 0.5) is 0 Å². The molecule has 54 heavy (non-hydrogen) atoms. The van der Waals surface area contributed by atoms with Crippen LogP contribution in [0.1, 0.15) is 162 Å². The van der Waals surface area contributed by atoms with E-state index in [9.17, 15) is 19.5 Å². The zero-order valence-corrected chi connectivity index (χ0v) is 35.2. The Morgan fingerprint density at radius 2 is 1.04 bits per heavy atom. The predicted molar refractivity (Wildman–Crippen MR) is 224 cm³/mol. The fourth-order valence-corrected chi connectivity index (χ4v) is 5.88. The molecule has 0 saturated heterocycles. The third kappa shape index (κ3) is 34.8. The third-order valence-corrected chi connectivity index (χ3v) is 9.18. The highest BCUT2D eigenvalue weighted by Crippen LogP contribution is 2.13. The van der Waals surface area contributed by atoms with Crippen molar-refractivity contribution in [1.82, 2.24) is 0 Å². The van der Waals surface area contributed by atoms with Gasteiger partial charge in [-0.3, -0.25) is 9.59 Å². The number of nitrogens with zero attached hydrogens (tertiary/aromatic N) is 1. The van der Waals surface area contributed by atoms with Crippen LogP contribution in [0.25, 0.3) is 0 Å². The average Bonchev–Trinajstić information content (AvgIpc) is 3.12. The minimum Gasteiger partial charge on any atom is -0.477 e. The average molecular weight is 759 g/mol. The topological polar surface area (TPSA) is 99.1 Å². The molecular weight excluding hydrogens is 679 g/mol. The molecule has 0 aromatic heterocycles. The number of esters is 2. The van der Waals surface area contributed by atoms with Crippen molar-refractivity contribution < 1.29 is 38.2 Å². The van der Waals surface area contributed by atoms with E-state index in [1.165, 1.54) is 44.9 Å². The molecule has 0 radical (unpaired) electrons. The van der Waals surface area contributed by atoms with Gasteiger partial charge in [-0.25, -0.2) is 4.79 Å². The van der Waals surface area contributed by atoms with Crippen LogP contribution in [0.15, 0.2) is 60.8 Å². The third-order valence-electron chi connectivity index (χ3n) is 9.18. The van der Waals surface area contributed by atoms with Crippen molar-refractivity contribution in [3.63, 3.8) is 0 Å². The van der Waals surface area contributed by atoms with Crippen molar-refractivity contribution in [3.8, 4) is 0 Å². The van der Waals surface area contributed by atoms with Crippen molar-refractivity contribution in [3.05, 3.63) is 60.8 Å². The number of likely N-dealkylation sites (N-methyl/N-ethyl adjacent to an activating group) is 1. The lowest BCUT2D eigenvalue weighted by molar-refractivity contribution is -0.887. The van der Waals surface area contributed by atoms with E-state index in [4.69, 9.17) is 14.2 Å². The Kier molecular flexibility index (Phi) is 34.9. The summed E-state index contributed by atoms with van der Waals surface area (Å²) in [6, 6.07) is -0.618. The Morgan fingerprint density at radius 1 is 0.574 bits per heavy atom. The van der Waals surface area contributed by atoms with Crippen molar-refractivity contribution in [2.75, 3.05) is 41.0 Å². The second-order valence-corrected chi connectivity index (χ2v) is 15.2. The molecule has 8 heteroatoms. The molecule has 0 aromatic rings. The van der Waals surface area contributed by atoms with Gasteiger partial charge in [0.2, 0.25) is 0 Å². The van der Waals surface area contributed by atoms with Crippen LogP contribution in [0, 0.1) is 0 Å². The number of hydrogen-bond acceptors (Lipinski definition) is 6. The molecule has 0 saturated carbocycles. The van der Waals surface area contributed by atoms with Gasteiger partial charge in [-0.15, -0.1) is 0 Å². The molecular formula is C46H80NO7+. The van der Waals surface area contributed by atoms with Crippen molar-refractivity contribution in [2.45, 2.75) is 174 Å². The second kappa shape index (κ2) is 37.0. The lowest BCUT2D eigenvalue weighted by atomic mass is 10.1. The molecule has 0 amide bonds. The first-order valence-electron chi connectivity index (χ1n) is 21.3. The van der Waals surface area contributed by atoms with Gasteiger partial charge < -0.3 is 23.8 Å². The number of carbonyl (C=O) groups is 3. The van der Waals surface area contributed by atoms with E-state index in [-0.39, 0.29) is 36.2 Å². The van der Waals surface area contributed by atoms with Gasteiger partial charge in [0.1, 0.15) is 6.61 Å². The summed E-state index contributed by atoms with van der Waals surface area (Å²) in [5, 5.41) is 9.60. The van der Waals surface area contributed by atoms with Gasteiger partial charge in [-0.05, 0) is 57.8 Å². The summed E-state index contributed by atoms with van der Waals surface area (Å²) in [4.78, 5) is 36.9. The van der Waals surface area contributed by atoms with Crippen LogP contribution in [0.5, 0.6) is 0 Å². The van der Waals surface area contributed by atoms with E-state index in [2.05, 4.69) is 74.6 Å². The number of carboxylic acids is 1. The fraction of sp³-hybridized carbons (Fsp3) is 0.717. The molecule has 0 aliphatic rings. The molecule has 8 nitrogen and oxygen atoms in total. The first-order chi connectivity index (χ1) is 26.1. The first kappa shape index (κ1) is 51.0. The van der Waals surface area contributed by atoms with Gasteiger partial charge in [0.25, 0.3) is 0 Å². The van der Waals surface area contributed by atoms with Gasteiger partial charge in [0, 0.05) is 19.3 Å². The predicted octanol–water partition coefficient (Wildman–Crippen LogP) is 11.4. The Labute approximate surface area is 330 Å². The van der Waals surface area contributed by atoms with E-state index in [1.54, 1.807) is 0 Å². The Balaban J connectivity index is 4.36. The maximum Gasteiger partial charge on any atom is 0.362 e. The van der Waals surface area contributed by atoms with Gasteiger partial charge in [-0.2, -0.15) is 0 Å². The molecule has 1 N–H and O–H groups in total. The van der Waals surface area contributed by atoms with Gasteiger partial charge >= 0.3 is 17.9 Å². The minimum absolute atomic E-state index is 0.0519. The number of hydrogen-bond donors (Lipinski definition) is 1. The highest BCUT2D eigenvalue weighted by atomic mass is 16.6. The maximum atomic E-state index is 12.7. The molecule has 0 rings (SSSR count). The number of allylic oxidation sites excluding steroid dienone is 10.